The van der Waals surface area contributed by atoms with Crippen molar-refractivity contribution in [1.82, 2.24) is 9.88 Å². The number of hydrogen-bond acceptors (Lipinski definition) is 3. The summed E-state index contributed by atoms with van der Waals surface area (Å²) in [7, 11) is 1.59. The van der Waals surface area contributed by atoms with Crippen molar-refractivity contribution in [1.29, 1.82) is 5.26 Å². The molecular weight excluding hydrogens is 218 g/mol. The fraction of sp³-hybridized carbons (Fsp3) is 0.417. The highest BCUT2D eigenvalue weighted by molar-refractivity contribution is 5.93. The molecule has 1 heterocycles. The Kier molecular flexibility index (Phi) is 4.05. The number of nitriles is 1. The molecule has 1 amide bonds. The van der Waals surface area contributed by atoms with E-state index in [0.29, 0.717) is 5.69 Å². The first-order valence-corrected chi connectivity index (χ1v) is 5.30. The van der Waals surface area contributed by atoms with Gasteiger partial charge < -0.3 is 9.88 Å². The highest BCUT2D eigenvalue weighted by atomic mass is 16.2. The maximum absolute atomic E-state index is 12.0. The summed E-state index contributed by atoms with van der Waals surface area (Å²) in [6.45, 7) is 3.52. The topological polar surface area (TPSA) is 77.0 Å². The molecule has 5 nitrogen and oxygen atoms in total. The molecule has 0 spiro atoms. The van der Waals surface area contributed by atoms with E-state index in [-0.39, 0.29) is 29.4 Å². The second-order valence-electron chi connectivity index (χ2n) is 4.02. The van der Waals surface area contributed by atoms with Gasteiger partial charge in [0.05, 0.1) is 12.5 Å². The first-order valence-electron chi connectivity index (χ1n) is 5.30. The molecule has 0 bridgehead atoms. The van der Waals surface area contributed by atoms with Crippen LogP contribution in [0.1, 0.15) is 29.4 Å². The molecule has 90 valence electrons. The molecule has 0 aliphatic heterocycles. The zero-order chi connectivity index (χ0) is 13.0. The lowest BCUT2D eigenvalue weighted by molar-refractivity contribution is 0.0744. The van der Waals surface area contributed by atoms with E-state index in [1.807, 2.05) is 6.07 Å². The van der Waals surface area contributed by atoms with E-state index in [2.05, 4.69) is 4.98 Å². The van der Waals surface area contributed by atoms with Crippen molar-refractivity contribution in [3.05, 3.63) is 33.7 Å². The standard InChI is InChI=1S/C12H15N3O2/c1-8-6-11(16)10(7-14-8)12(17)15(3)9(2)4-5-13/h6-7,9H,4H2,1-3H3,(H,14,16). The third kappa shape index (κ3) is 2.94. The molecule has 1 aromatic rings. The van der Waals surface area contributed by atoms with Gasteiger partial charge in [0.2, 0.25) is 0 Å². The van der Waals surface area contributed by atoms with Crippen LogP contribution in [0.25, 0.3) is 0 Å². The molecule has 1 rings (SSSR count). The Bertz CT molecular complexity index is 513. The number of aryl methyl sites for hydroxylation is 1. The maximum atomic E-state index is 12.0. The Morgan fingerprint density at radius 3 is 2.82 bits per heavy atom. The molecule has 5 heteroatoms. The van der Waals surface area contributed by atoms with Gasteiger partial charge in [-0.1, -0.05) is 0 Å². The average molecular weight is 233 g/mol. The smallest absolute Gasteiger partial charge is 0.259 e. The van der Waals surface area contributed by atoms with Crippen LogP contribution >= 0.6 is 0 Å². The summed E-state index contributed by atoms with van der Waals surface area (Å²) in [5, 5.41) is 8.57. The quantitative estimate of drug-likeness (QED) is 0.847. The van der Waals surface area contributed by atoms with E-state index < -0.39 is 0 Å². The third-order valence-corrected chi connectivity index (χ3v) is 2.66. The largest absolute Gasteiger partial charge is 0.364 e. The molecular formula is C12H15N3O2. The molecule has 1 unspecified atom stereocenters. The molecule has 0 aromatic carbocycles. The van der Waals surface area contributed by atoms with Crippen molar-refractivity contribution in [3.63, 3.8) is 0 Å². The lowest BCUT2D eigenvalue weighted by atomic mass is 10.1. The fourth-order valence-electron chi connectivity index (χ4n) is 1.40. The first-order chi connectivity index (χ1) is 7.97. The number of carbonyl (C=O) groups excluding carboxylic acids is 1. The second-order valence-corrected chi connectivity index (χ2v) is 4.02. The number of pyridine rings is 1. The Morgan fingerprint density at radius 1 is 1.65 bits per heavy atom. The van der Waals surface area contributed by atoms with Crippen LogP contribution in [0.5, 0.6) is 0 Å². The highest BCUT2D eigenvalue weighted by Crippen LogP contribution is 2.05. The van der Waals surface area contributed by atoms with Gasteiger partial charge in [-0.15, -0.1) is 0 Å². The van der Waals surface area contributed by atoms with Crippen molar-refractivity contribution in [2.24, 2.45) is 0 Å². The van der Waals surface area contributed by atoms with Gasteiger partial charge in [0.1, 0.15) is 5.56 Å². The Balaban J connectivity index is 2.97. The lowest BCUT2D eigenvalue weighted by Gasteiger charge is -2.22. The third-order valence-electron chi connectivity index (χ3n) is 2.66. The van der Waals surface area contributed by atoms with Crippen LogP contribution in [0.4, 0.5) is 0 Å². The molecule has 0 fully saturated rings. The van der Waals surface area contributed by atoms with Gasteiger partial charge in [-0.2, -0.15) is 5.26 Å². The Hall–Kier alpha value is -2.09. The minimum atomic E-state index is -0.367. The number of nitrogens with one attached hydrogen (secondary N) is 1. The first kappa shape index (κ1) is 13.0. The van der Waals surface area contributed by atoms with Crippen LogP contribution in [-0.4, -0.2) is 28.9 Å². The number of aromatic amines is 1. The number of carbonyl (C=O) groups is 1. The van der Waals surface area contributed by atoms with Gasteiger partial charge in [0.25, 0.3) is 5.91 Å². The van der Waals surface area contributed by atoms with Gasteiger partial charge in [-0.3, -0.25) is 9.59 Å². The summed E-state index contributed by atoms with van der Waals surface area (Å²) in [5.74, 6) is -0.367. The number of hydrogen-bond donors (Lipinski definition) is 1. The van der Waals surface area contributed by atoms with Crippen molar-refractivity contribution < 1.29 is 4.79 Å². The summed E-state index contributed by atoms with van der Waals surface area (Å²) in [6, 6.07) is 3.17. The van der Waals surface area contributed by atoms with Crippen molar-refractivity contribution >= 4 is 5.91 Å². The van der Waals surface area contributed by atoms with Crippen LogP contribution in [0.2, 0.25) is 0 Å². The number of amides is 1. The molecule has 0 aliphatic carbocycles. The summed E-state index contributed by atoms with van der Waals surface area (Å²) >= 11 is 0. The molecule has 17 heavy (non-hydrogen) atoms. The van der Waals surface area contributed by atoms with Crippen molar-refractivity contribution in [2.45, 2.75) is 26.3 Å². The molecule has 1 atom stereocenters. The van der Waals surface area contributed by atoms with Gasteiger partial charge in [0.15, 0.2) is 5.43 Å². The van der Waals surface area contributed by atoms with E-state index in [1.165, 1.54) is 17.2 Å². The maximum Gasteiger partial charge on any atom is 0.259 e. The van der Waals surface area contributed by atoms with Crippen molar-refractivity contribution in [3.8, 4) is 6.07 Å². The van der Waals surface area contributed by atoms with Gasteiger partial charge in [-0.05, 0) is 13.8 Å². The molecule has 0 saturated carbocycles. The van der Waals surface area contributed by atoms with Crippen molar-refractivity contribution in [2.75, 3.05) is 7.05 Å². The van der Waals surface area contributed by atoms with E-state index in [9.17, 15) is 9.59 Å². The minimum Gasteiger partial charge on any atom is -0.364 e. The SMILES string of the molecule is Cc1cc(=O)c(C(=O)N(C)C(C)CC#N)c[nH]1. The number of H-pyrrole nitrogens is 1. The van der Waals surface area contributed by atoms with Crippen LogP contribution in [0.15, 0.2) is 17.1 Å². The predicted molar refractivity (Wildman–Crippen MR) is 63.6 cm³/mol. The number of aromatic nitrogens is 1. The molecule has 0 aliphatic rings. The fourth-order valence-corrected chi connectivity index (χ4v) is 1.40. The van der Waals surface area contributed by atoms with E-state index in [4.69, 9.17) is 5.26 Å². The normalized spacial score (nSPS) is 11.6. The lowest BCUT2D eigenvalue weighted by Crippen LogP contribution is -2.37. The number of rotatable bonds is 3. The Labute approximate surface area is 99.7 Å². The van der Waals surface area contributed by atoms with Crippen LogP contribution in [-0.2, 0) is 0 Å². The predicted octanol–water partition coefficient (Wildman–Crippen LogP) is 1.06. The highest BCUT2D eigenvalue weighted by Gasteiger charge is 2.19. The van der Waals surface area contributed by atoms with Crippen LogP contribution in [0, 0.1) is 18.3 Å². The average Bonchev–Trinajstić information content (AvgIpc) is 2.27. The molecule has 0 saturated heterocycles. The van der Waals surface area contributed by atoms with E-state index in [0.717, 1.165) is 0 Å². The zero-order valence-electron chi connectivity index (χ0n) is 10.2. The summed E-state index contributed by atoms with van der Waals surface area (Å²) in [6.07, 6.45) is 1.65. The molecule has 0 radical (unpaired) electrons. The summed E-state index contributed by atoms with van der Waals surface area (Å²) < 4.78 is 0. The molecule has 1 aromatic heterocycles. The summed E-state index contributed by atoms with van der Waals surface area (Å²) in [5.41, 5.74) is 0.504. The summed E-state index contributed by atoms with van der Waals surface area (Å²) in [4.78, 5) is 27.9. The Morgan fingerprint density at radius 2 is 2.29 bits per heavy atom. The van der Waals surface area contributed by atoms with E-state index >= 15 is 0 Å². The van der Waals surface area contributed by atoms with Crippen LogP contribution < -0.4 is 5.43 Å². The van der Waals surface area contributed by atoms with Gasteiger partial charge >= 0.3 is 0 Å². The molecule has 1 N–H and O–H groups in total. The van der Waals surface area contributed by atoms with Gasteiger partial charge in [-0.25, -0.2) is 0 Å². The van der Waals surface area contributed by atoms with E-state index in [1.54, 1.807) is 20.9 Å². The minimum absolute atomic E-state index is 0.0999. The number of nitrogens with zero attached hydrogens (tertiary/aromatic N) is 2. The zero-order valence-corrected chi connectivity index (χ0v) is 10.2. The van der Waals surface area contributed by atoms with Crippen LogP contribution in [0.3, 0.4) is 0 Å². The van der Waals surface area contributed by atoms with Gasteiger partial charge in [0, 0.05) is 31.0 Å². The second kappa shape index (κ2) is 5.30. The monoisotopic (exact) mass is 233 g/mol.